The first-order valence-corrected chi connectivity index (χ1v) is 10.3. The molecule has 0 radical (unpaired) electrons. The van der Waals surface area contributed by atoms with Gasteiger partial charge in [-0.25, -0.2) is 17.5 Å². The third kappa shape index (κ3) is 3.84. The molecule has 2 heterocycles. The molecule has 9 heteroatoms. The molecule has 0 fully saturated rings. The second-order valence-corrected chi connectivity index (χ2v) is 8.83. The number of sulfonamides is 1. The molecule has 1 atom stereocenters. The zero-order chi connectivity index (χ0) is 18.9. The fourth-order valence-electron chi connectivity index (χ4n) is 2.29. The number of aryl methyl sites for hydroxylation is 1. The molecule has 0 aliphatic rings. The summed E-state index contributed by atoms with van der Waals surface area (Å²) in [5.74, 6) is 0.186. The number of rotatable bonds is 6. The van der Waals surface area contributed by atoms with Crippen LogP contribution in [0.15, 0.2) is 39.8 Å². The highest BCUT2D eigenvalue weighted by atomic mass is 32.2. The van der Waals surface area contributed by atoms with Crippen LogP contribution in [0.25, 0.3) is 22.2 Å². The fraction of sp³-hybridized carbons (Fsp3) is 0.294. The van der Waals surface area contributed by atoms with E-state index in [-0.39, 0.29) is 22.6 Å². The van der Waals surface area contributed by atoms with Crippen molar-refractivity contribution in [1.82, 2.24) is 14.9 Å². The summed E-state index contributed by atoms with van der Waals surface area (Å²) >= 11 is 1.26. The van der Waals surface area contributed by atoms with Crippen LogP contribution in [0.4, 0.5) is 4.39 Å². The number of nitrogens with one attached hydrogen (secondary N) is 1. The first kappa shape index (κ1) is 18.7. The van der Waals surface area contributed by atoms with Gasteiger partial charge in [-0.3, -0.25) is 0 Å². The maximum atomic E-state index is 13.0. The van der Waals surface area contributed by atoms with E-state index in [9.17, 15) is 12.8 Å². The van der Waals surface area contributed by atoms with Crippen LogP contribution in [0, 0.1) is 12.7 Å². The normalized spacial score (nSPS) is 13.1. The third-order valence-corrected chi connectivity index (χ3v) is 6.75. The molecule has 0 spiro atoms. The number of hydrogen-bond acceptors (Lipinski definition) is 6. The molecule has 0 saturated carbocycles. The van der Waals surface area contributed by atoms with Gasteiger partial charge in [-0.05, 0) is 50.6 Å². The summed E-state index contributed by atoms with van der Waals surface area (Å²) in [7, 11) is -3.61. The minimum Gasteiger partial charge on any atom is -0.333 e. The van der Waals surface area contributed by atoms with E-state index in [0.717, 1.165) is 0 Å². The maximum absolute atomic E-state index is 13.0. The van der Waals surface area contributed by atoms with Gasteiger partial charge >= 0.3 is 0 Å². The predicted molar refractivity (Wildman–Crippen MR) is 97.8 cm³/mol. The zero-order valence-corrected chi connectivity index (χ0v) is 16.1. The van der Waals surface area contributed by atoms with Crippen molar-refractivity contribution in [3.8, 4) is 22.2 Å². The van der Waals surface area contributed by atoms with E-state index in [2.05, 4.69) is 14.9 Å². The molecule has 0 aliphatic carbocycles. The van der Waals surface area contributed by atoms with E-state index < -0.39 is 10.0 Å². The standard InChI is InChI=1S/C17H18FN3O3S2/c1-4-10(2)21-26(22,23)15-9-14(25-11(15)3)17-19-16(20-24-17)12-5-7-13(18)8-6-12/h5-10,21H,4H2,1-3H3/t10-/m1/s1. The Balaban J connectivity index is 1.91. The maximum Gasteiger partial charge on any atom is 0.268 e. The minimum absolute atomic E-state index is 0.156. The summed E-state index contributed by atoms with van der Waals surface area (Å²) in [6, 6.07) is 7.10. The smallest absolute Gasteiger partial charge is 0.268 e. The van der Waals surface area contributed by atoms with Crippen LogP contribution in [-0.4, -0.2) is 24.6 Å². The van der Waals surface area contributed by atoms with E-state index in [4.69, 9.17) is 4.52 Å². The molecule has 3 rings (SSSR count). The fourth-order valence-corrected chi connectivity index (χ4v) is 5.13. The van der Waals surface area contributed by atoms with Gasteiger partial charge < -0.3 is 4.52 Å². The van der Waals surface area contributed by atoms with E-state index >= 15 is 0 Å². The summed E-state index contributed by atoms with van der Waals surface area (Å²) in [4.78, 5) is 5.70. The predicted octanol–water partition coefficient (Wildman–Crippen LogP) is 3.99. The van der Waals surface area contributed by atoms with Crippen molar-refractivity contribution < 1.29 is 17.3 Å². The Morgan fingerprint density at radius 3 is 2.65 bits per heavy atom. The van der Waals surface area contributed by atoms with Crippen LogP contribution in [-0.2, 0) is 10.0 Å². The van der Waals surface area contributed by atoms with Crippen LogP contribution < -0.4 is 4.72 Å². The first-order chi connectivity index (χ1) is 12.3. The lowest BCUT2D eigenvalue weighted by atomic mass is 10.2. The monoisotopic (exact) mass is 395 g/mol. The molecule has 3 aromatic rings. The SMILES string of the molecule is CC[C@@H](C)NS(=O)(=O)c1cc(-c2nc(-c3ccc(F)cc3)no2)sc1C. The van der Waals surface area contributed by atoms with Crippen molar-refractivity contribution in [1.29, 1.82) is 0 Å². The highest BCUT2D eigenvalue weighted by molar-refractivity contribution is 7.89. The van der Waals surface area contributed by atoms with Crippen molar-refractivity contribution in [2.24, 2.45) is 0 Å². The van der Waals surface area contributed by atoms with Crippen LogP contribution in [0.2, 0.25) is 0 Å². The number of benzene rings is 1. The van der Waals surface area contributed by atoms with Crippen molar-refractivity contribution in [2.45, 2.75) is 38.1 Å². The Kier molecular flexibility index (Phi) is 5.22. The summed E-state index contributed by atoms with van der Waals surface area (Å²) in [5, 5.41) is 3.89. The molecule has 138 valence electrons. The Bertz CT molecular complexity index is 1010. The Morgan fingerprint density at radius 1 is 1.31 bits per heavy atom. The number of aromatic nitrogens is 2. The number of halogens is 1. The highest BCUT2D eigenvalue weighted by Crippen LogP contribution is 2.33. The lowest BCUT2D eigenvalue weighted by Gasteiger charge is -2.11. The summed E-state index contributed by atoms with van der Waals surface area (Å²) < 4.78 is 46.0. The molecule has 26 heavy (non-hydrogen) atoms. The topological polar surface area (TPSA) is 85.1 Å². The molecule has 0 unspecified atom stereocenters. The van der Waals surface area contributed by atoms with Gasteiger partial charge in [0.1, 0.15) is 5.82 Å². The third-order valence-electron chi connectivity index (χ3n) is 3.87. The van der Waals surface area contributed by atoms with Gasteiger partial charge in [0.2, 0.25) is 15.8 Å². The Labute approximate surface area is 155 Å². The molecule has 0 amide bonds. The van der Waals surface area contributed by atoms with Gasteiger partial charge in [0.15, 0.2) is 0 Å². The van der Waals surface area contributed by atoms with Gasteiger partial charge in [0, 0.05) is 16.5 Å². The molecular weight excluding hydrogens is 377 g/mol. The number of hydrogen-bond donors (Lipinski definition) is 1. The molecule has 1 aromatic carbocycles. The van der Waals surface area contributed by atoms with Gasteiger partial charge in [0.25, 0.3) is 5.89 Å². The summed E-state index contributed by atoms with van der Waals surface area (Å²) in [5.41, 5.74) is 0.612. The highest BCUT2D eigenvalue weighted by Gasteiger charge is 2.24. The summed E-state index contributed by atoms with van der Waals surface area (Å²) in [6.45, 7) is 5.46. The second-order valence-electron chi connectivity index (χ2n) is 5.89. The quantitative estimate of drug-likeness (QED) is 0.682. The minimum atomic E-state index is -3.61. The van der Waals surface area contributed by atoms with Gasteiger partial charge in [-0.1, -0.05) is 12.1 Å². The molecule has 0 saturated heterocycles. The van der Waals surface area contributed by atoms with E-state index in [1.807, 2.05) is 13.8 Å². The van der Waals surface area contributed by atoms with Crippen LogP contribution in [0.3, 0.4) is 0 Å². The van der Waals surface area contributed by atoms with Crippen LogP contribution in [0.1, 0.15) is 25.1 Å². The van der Waals surface area contributed by atoms with E-state index in [0.29, 0.717) is 27.6 Å². The first-order valence-electron chi connectivity index (χ1n) is 8.03. The second kappa shape index (κ2) is 7.26. The van der Waals surface area contributed by atoms with E-state index in [1.165, 1.54) is 29.5 Å². The van der Waals surface area contributed by atoms with Crippen molar-refractivity contribution in [2.75, 3.05) is 0 Å². The molecule has 6 nitrogen and oxygen atoms in total. The van der Waals surface area contributed by atoms with Crippen LogP contribution >= 0.6 is 11.3 Å². The molecule has 1 N–H and O–H groups in total. The number of nitrogens with zero attached hydrogens (tertiary/aromatic N) is 2. The Morgan fingerprint density at radius 2 is 2.00 bits per heavy atom. The lowest BCUT2D eigenvalue weighted by Crippen LogP contribution is -2.32. The average molecular weight is 395 g/mol. The Hall–Kier alpha value is -2.10. The van der Waals surface area contributed by atoms with Crippen molar-refractivity contribution in [3.05, 3.63) is 41.0 Å². The number of thiophene rings is 1. The van der Waals surface area contributed by atoms with Gasteiger partial charge in [0.05, 0.1) is 9.77 Å². The zero-order valence-electron chi connectivity index (χ0n) is 14.5. The molecule has 0 bridgehead atoms. The molecule has 0 aliphatic heterocycles. The molecule has 2 aromatic heterocycles. The molecular formula is C17H18FN3O3S2. The van der Waals surface area contributed by atoms with Crippen LogP contribution in [0.5, 0.6) is 0 Å². The largest absolute Gasteiger partial charge is 0.333 e. The average Bonchev–Trinajstić information content (AvgIpc) is 3.22. The van der Waals surface area contributed by atoms with Crippen molar-refractivity contribution in [3.63, 3.8) is 0 Å². The van der Waals surface area contributed by atoms with Gasteiger partial charge in [-0.15, -0.1) is 11.3 Å². The van der Waals surface area contributed by atoms with E-state index in [1.54, 1.807) is 19.1 Å². The lowest BCUT2D eigenvalue weighted by molar-refractivity contribution is 0.433. The van der Waals surface area contributed by atoms with Crippen molar-refractivity contribution >= 4 is 21.4 Å². The summed E-state index contributed by atoms with van der Waals surface area (Å²) in [6.07, 6.45) is 0.694. The van der Waals surface area contributed by atoms with Gasteiger partial charge in [-0.2, -0.15) is 4.98 Å².